The molecule has 8 heteroatoms. The van der Waals surface area contributed by atoms with Crippen LogP contribution in [0.25, 0.3) is 6.08 Å². The summed E-state index contributed by atoms with van der Waals surface area (Å²) < 4.78 is 15.7. The van der Waals surface area contributed by atoms with Crippen LogP contribution < -0.4 is 9.47 Å². The molecule has 1 unspecified atom stereocenters. The van der Waals surface area contributed by atoms with Crippen LogP contribution >= 0.6 is 11.6 Å². The van der Waals surface area contributed by atoms with E-state index in [1.807, 2.05) is 4.90 Å². The van der Waals surface area contributed by atoms with Gasteiger partial charge in [0.2, 0.25) is 5.91 Å². The van der Waals surface area contributed by atoms with E-state index in [1.54, 1.807) is 30.2 Å². The molecule has 3 rings (SSSR count). The Morgan fingerprint density at radius 1 is 1.28 bits per heavy atom. The lowest BCUT2D eigenvalue weighted by Crippen LogP contribution is -2.49. The molecule has 1 aromatic rings. The minimum Gasteiger partial charge on any atom is -0.493 e. The van der Waals surface area contributed by atoms with Crippen LogP contribution in [0, 0.1) is 0 Å². The fourth-order valence-electron chi connectivity index (χ4n) is 3.90. The summed E-state index contributed by atoms with van der Waals surface area (Å²) >= 11 is 6.36. The van der Waals surface area contributed by atoms with Crippen molar-refractivity contribution in [3.63, 3.8) is 0 Å². The molecule has 2 amide bonds. The third-order valence-electron chi connectivity index (χ3n) is 5.56. The van der Waals surface area contributed by atoms with Gasteiger partial charge < -0.3 is 19.1 Å². The summed E-state index contributed by atoms with van der Waals surface area (Å²) in [7, 11) is 3.06. The van der Waals surface area contributed by atoms with Gasteiger partial charge in [0.15, 0.2) is 11.5 Å². The van der Waals surface area contributed by atoms with E-state index in [9.17, 15) is 9.59 Å². The highest BCUT2D eigenvalue weighted by Crippen LogP contribution is 2.37. The highest BCUT2D eigenvalue weighted by molar-refractivity contribution is 6.33. The number of carbonyl (C=O) groups excluding carboxylic acids is 2. The third-order valence-corrected chi connectivity index (χ3v) is 5.95. The first-order valence-electron chi connectivity index (χ1n) is 9.82. The number of nitrogens with zero attached hydrogens (tertiary/aromatic N) is 2. The topological polar surface area (TPSA) is 68.3 Å². The van der Waals surface area contributed by atoms with Gasteiger partial charge in [0.05, 0.1) is 25.3 Å². The number of benzene rings is 1. The maximum absolute atomic E-state index is 12.6. The molecule has 2 aliphatic rings. The summed E-state index contributed by atoms with van der Waals surface area (Å²) in [5.41, 5.74) is 0.679. The molecule has 158 valence electrons. The van der Waals surface area contributed by atoms with Gasteiger partial charge in [0.1, 0.15) is 6.61 Å². The fraction of sp³-hybridized carbons (Fsp3) is 0.524. The second-order valence-corrected chi connectivity index (χ2v) is 7.52. The first kappa shape index (κ1) is 21.3. The molecule has 1 aromatic carbocycles. The van der Waals surface area contributed by atoms with Crippen molar-refractivity contribution in [3.05, 3.63) is 28.8 Å². The Kier molecular flexibility index (Phi) is 6.90. The van der Waals surface area contributed by atoms with E-state index >= 15 is 0 Å². The molecule has 2 aliphatic heterocycles. The number of halogens is 1. The summed E-state index contributed by atoms with van der Waals surface area (Å²) in [4.78, 5) is 28.3. The number of amides is 2. The molecular formula is C21H27ClN2O5. The van der Waals surface area contributed by atoms with Crippen LogP contribution in [0.1, 0.15) is 31.7 Å². The van der Waals surface area contributed by atoms with Crippen LogP contribution in [0.3, 0.4) is 0 Å². The third kappa shape index (κ3) is 4.45. The molecule has 7 nitrogen and oxygen atoms in total. The quantitative estimate of drug-likeness (QED) is 0.655. The molecule has 0 saturated carbocycles. The number of methoxy groups -OCH3 is 2. The van der Waals surface area contributed by atoms with Crippen LogP contribution in [0.4, 0.5) is 4.79 Å². The Balaban J connectivity index is 1.61. The van der Waals surface area contributed by atoms with Crippen molar-refractivity contribution in [1.29, 1.82) is 0 Å². The molecular weight excluding hydrogens is 396 g/mol. The molecule has 0 aromatic heterocycles. The van der Waals surface area contributed by atoms with Crippen LogP contribution in [-0.2, 0) is 9.53 Å². The average Bonchev–Trinajstić information content (AvgIpc) is 3.12. The minimum absolute atomic E-state index is 0.0784. The van der Waals surface area contributed by atoms with E-state index in [1.165, 1.54) is 13.2 Å². The lowest BCUT2D eigenvalue weighted by molar-refractivity contribution is -0.127. The van der Waals surface area contributed by atoms with Crippen LogP contribution in [0.15, 0.2) is 18.2 Å². The predicted octanol–water partition coefficient (Wildman–Crippen LogP) is 3.59. The predicted molar refractivity (Wildman–Crippen MR) is 110 cm³/mol. The van der Waals surface area contributed by atoms with Gasteiger partial charge in [-0.3, -0.25) is 9.69 Å². The number of ether oxygens (including phenoxy) is 3. The summed E-state index contributed by atoms with van der Waals surface area (Å²) in [5.74, 6) is 0.895. The summed E-state index contributed by atoms with van der Waals surface area (Å²) in [6, 6.07) is 3.80. The Morgan fingerprint density at radius 3 is 2.62 bits per heavy atom. The SMILES string of the molecule is CCC1COC(=O)N1C1CCN(C(=O)C=Cc2ccc(OC)c(OC)c2Cl)CC1. The van der Waals surface area contributed by atoms with E-state index in [4.69, 9.17) is 25.8 Å². The highest BCUT2D eigenvalue weighted by Gasteiger charge is 2.38. The van der Waals surface area contributed by atoms with Gasteiger partial charge in [0.25, 0.3) is 0 Å². The maximum atomic E-state index is 12.6. The second kappa shape index (κ2) is 9.39. The molecule has 0 N–H and O–H groups in total. The molecule has 29 heavy (non-hydrogen) atoms. The van der Waals surface area contributed by atoms with E-state index in [-0.39, 0.29) is 24.1 Å². The van der Waals surface area contributed by atoms with E-state index < -0.39 is 0 Å². The standard InChI is InChI=1S/C21H27ClN2O5/c1-4-15-13-29-21(26)24(15)16-9-11-23(12-10-16)18(25)8-6-14-5-7-17(27-2)20(28-3)19(14)22/h5-8,15-16H,4,9-13H2,1-3H3. The van der Waals surface area contributed by atoms with Crippen molar-refractivity contribution >= 4 is 29.7 Å². The van der Waals surface area contributed by atoms with Gasteiger partial charge in [-0.25, -0.2) is 4.79 Å². The van der Waals surface area contributed by atoms with Crippen molar-refractivity contribution in [1.82, 2.24) is 9.80 Å². The lowest BCUT2D eigenvalue weighted by atomic mass is 10.0. The molecule has 1 atom stereocenters. The van der Waals surface area contributed by atoms with Gasteiger partial charge in [-0.05, 0) is 43.0 Å². The normalized spacial score (nSPS) is 20.3. The number of carbonyl (C=O) groups is 2. The number of hydrogen-bond acceptors (Lipinski definition) is 5. The van der Waals surface area contributed by atoms with Gasteiger partial charge >= 0.3 is 6.09 Å². The zero-order valence-electron chi connectivity index (χ0n) is 17.0. The highest BCUT2D eigenvalue weighted by atomic mass is 35.5. The fourth-order valence-corrected chi connectivity index (χ4v) is 4.19. The zero-order valence-corrected chi connectivity index (χ0v) is 17.8. The molecule has 0 radical (unpaired) electrons. The first-order chi connectivity index (χ1) is 14.0. The van der Waals surface area contributed by atoms with Crippen LogP contribution in [0.2, 0.25) is 5.02 Å². The minimum atomic E-state index is -0.232. The lowest BCUT2D eigenvalue weighted by Gasteiger charge is -2.37. The van der Waals surface area contributed by atoms with E-state index in [0.29, 0.717) is 41.8 Å². The number of piperidine rings is 1. The first-order valence-corrected chi connectivity index (χ1v) is 10.2. The number of rotatable bonds is 6. The smallest absolute Gasteiger partial charge is 0.410 e. The molecule has 0 bridgehead atoms. The Bertz CT molecular complexity index is 790. The van der Waals surface area contributed by atoms with Crippen molar-refractivity contribution in [2.45, 2.75) is 38.3 Å². The van der Waals surface area contributed by atoms with E-state index in [0.717, 1.165) is 19.3 Å². The molecule has 0 spiro atoms. The van der Waals surface area contributed by atoms with Crippen molar-refractivity contribution in [2.75, 3.05) is 33.9 Å². The van der Waals surface area contributed by atoms with Crippen molar-refractivity contribution in [2.24, 2.45) is 0 Å². The van der Waals surface area contributed by atoms with Crippen molar-refractivity contribution in [3.8, 4) is 11.5 Å². The van der Waals surface area contributed by atoms with Crippen LogP contribution in [0.5, 0.6) is 11.5 Å². The molecule has 0 aliphatic carbocycles. The summed E-state index contributed by atoms with van der Waals surface area (Å²) in [6.45, 7) is 3.73. The monoisotopic (exact) mass is 422 g/mol. The van der Waals surface area contributed by atoms with Crippen molar-refractivity contribution < 1.29 is 23.8 Å². The van der Waals surface area contributed by atoms with Gasteiger partial charge in [-0.15, -0.1) is 0 Å². The number of cyclic esters (lactones) is 1. The maximum Gasteiger partial charge on any atom is 0.410 e. The molecule has 2 saturated heterocycles. The Morgan fingerprint density at radius 2 is 2.00 bits per heavy atom. The summed E-state index contributed by atoms with van der Waals surface area (Å²) in [6.07, 6.45) is 5.35. The van der Waals surface area contributed by atoms with Gasteiger partial charge in [0, 0.05) is 25.2 Å². The summed E-state index contributed by atoms with van der Waals surface area (Å²) in [5, 5.41) is 0.396. The van der Waals surface area contributed by atoms with E-state index in [2.05, 4.69) is 6.92 Å². The number of likely N-dealkylation sites (tertiary alicyclic amines) is 1. The largest absolute Gasteiger partial charge is 0.493 e. The average molecular weight is 423 g/mol. The Labute approximate surface area is 176 Å². The van der Waals surface area contributed by atoms with Gasteiger partial charge in [-0.1, -0.05) is 18.5 Å². The zero-order chi connectivity index (χ0) is 21.0. The van der Waals surface area contributed by atoms with Gasteiger partial charge in [-0.2, -0.15) is 0 Å². The second-order valence-electron chi connectivity index (χ2n) is 7.14. The molecule has 2 heterocycles. The van der Waals surface area contributed by atoms with Crippen LogP contribution in [-0.4, -0.2) is 67.8 Å². The molecule has 2 fully saturated rings. The Hall–Kier alpha value is -2.41. The number of hydrogen-bond donors (Lipinski definition) is 0.